The fourth-order valence-corrected chi connectivity index (χ4v) is 0.678. The third-order valence-corrected chi connectivity index (χ3v) is 1.32. The number of rotatable bonds is 5. The molecule has 0 amide bonds. The molecular formula is C6H12N2O4. The van der Waals surface area contributed by atoms with Crippen LogP contribution >= 0.6 is 0 Å². The van der Waals surface area contributed by atoms with Crippen LogP contribution in [0.1, 0.15) is 19.3 Å². The van der Waals surface area contributed by atoms with Crippen molar-refractivity contribution in [3.05, 3.63) is 0 Å². The normalized spacial score (nSPS) is 12.2. The SMILES string of the molecule is NOC(=O)C(N)CCCC(=O)O. The van der Waals surface area contributed by atoms with Crippen LogP contribution in [0.2, 0.25) is 0 Å². The average Bonchev–Trinajstić information content (AvgIpc) is 2.02. The van der Waals surface area contributed by atoms with Gasteiger partial charge in [-0.3, -0.25) is 4.79 Å². The fourth-order valence-electron chi connectivity index (χ4n) is 0.678. The Morgan fingerprint density at radius 1 is 1.50 bits per heavy atom. The number of carboxylic acid groups (broad SMARTS) is 1. The van der Waals surface area contributed by atoms with Gasteiger partial charge in [0, 0.05) is 6.42 Å². The van der Waals surface area contributed by atoms with E-state index < -0.39 is 18.0 Å². The average molecular weight is 176 g/mol. The summed E-state index contributed by atoms with van der Waals surface area (Å²) in [6.07, 6.45) is 0.597. The molecule has 0 aromatic rings. The minimum absolute atomic E-state index is 0.00838. The van der Waals surface area contributed by atoms with E-state index in [0.717, 1.165) is 0 Å². The zero-order valence-corrected chi connectivity index (χ0v) is 6.53. The van der Waals surface area contributed by atoms with Crippen LogP contribution in [-0.2, 0) is 14.4 Å². The van der Waals surface area contributed by atoms with Crippen molar-refractivity contribution >= 4 is 11.9 Å². The van der Waals surface area contributed by atoms with Crippen LogP contribution in [0.4, 0.5) is 0 Å². The van der Waals surface area contributed by atoms with Crippen LogP contribution < -0.4 is 11.6 Å². The largest absolute Gasteiger partial charge is 0.481 e. The summed E-state index contributed by atoms with van der Waals surface area (Å²) in [4.78, 5) is 24.5. The minimum atomic E-state index is -0.914. The van der Waals surface area contributed by atoms with E-state index in [1.807, 2.05) is 0 Å². The van der Waals surface area contributed by atoms with Gasteiger partial charge in [-0.25, -0.2) is 4.79 Å². The molecule has 0 aromatic carbocycles. The van der Waals surface area contributed by atoms with Crippen LogP contribution in [0.25, 0.3) is 0 Å². The van der Waals surface area contributed by atoms with Crippen LogP contribution in [0, 0.1) is 0 Å². The number of nitrogens with two attached hydrogens (primary N) is 2. The molecule has 0 rings (SSSR count). The smallest absolute Gasteiger partial charge is 0.341 e. The Bertz CT molecular complexity index is 171. The number of aliphatic carboxylic acids is 1. The monoisotopic (exact) mass is 176 g/mol. The van der Waals surface area contributed by atoms with E-state index >= 15 is 0 Å². The Morgan fingerprint density at radius 2 is 2.08 bits per heavy atom. The topological polar surface area (TPSA) is 116 Å². The molecule has 0 saturated carbocycles. The molecule has 0 aliphatic carbocycles. The molecule has 0 saturated heterocycles. The molecule has 0 spiro atoms. The first-order valence-electron chi connectivity index (χ1n) is 3.46. The first kappa shape index (κ1) is 10.9. The molecule has 0 heterocycles. The summed E-state index contributed by atoms with van der Waals surface area (Å²) in [6.45, 7) is 0. The van der Waals surface area contributed by atoms with Crippen LogP contribution in [0.5, 0.6) is 0 Å². The van der Waals surface area contributed by atoms with Gasteiger partial charge in [0.25, 0.3) is 0 Å². The van der Waals surface area contributed by atoms with E-state index in [-0.39, 0.29) is 12.8 Å². The van der Waals surface area contributed by atoms with Gasteiger partial charge < -0.3 is 15.7 Å². The maximum Gasteiger partial charge on any atom is 0.341 e. The molecule has 0 fully saturated rings. The Morgan fingerprint density at radius 3 is 2.50 bits per heavy atom. The van der Waals surface area contributed by atoms with Crippen molar-refractivity contribution in [2.45, 2.75) is 25.3 Å². The lowest BCUT2D eigenvalue weighted by atomic mass is 10.1. The summed E-state index contributed by atoms with van der Waals surface area (Å²) >= 11 is 0. The number of carboxylic acids is 1. The number of carbonyl (C=O) groups is 2. The first-order valence-corrected chi connectivity index (χ1v) is 3.46. The van der Waals surface area contributed by atoms with Gasteiger partial charge in [0.2, 0.25) is 0 Å². The number of carbonyl (C=O) groups excluding carboxylic acids is 1. The second kappa shape index (κ2) is 5.50. The highest BCUT2D eigenvalue weighted by Gasteiger charge is 2.13. The van der Waals surface area contributed by atoms with Gasteiger partial charge >= 0.3 is 11.9 Å². The van der Waals surface area contributed by atoms with Gasteiger partial charge in [0.05, 0.1) is 0 Å². The summed E-state index contributed by atoms with van der Waals surface area (Å²) in [5.74, 6) is 2.92. The zero-order valence-electron chi connectivity index (χ0n) is 6.53. The van der Waals surface area contributed by atoms with E-state index in [4.69, 9.17) is 10.8 Å². The molecule has 0 aromatic heterocycles. The molecule has 0 bridgehead atoms. The highest BCUT2D eigenvalue weighted by atomic mass is 16.7. The molecule has 5 N–H and O–H groups in total. The molecule has 6 nitrogen and oxygen atoms in total. The fraction of sp³-hybridized carbons (Fsp3) is 0.667. The second-order valence-electron chi connectivity index (χ2n) is 2.33. The van der Waals surface area contributed by atoms with E-state index in [2.05, 4.69) is 10.7 Å². The predicted octanol–water partition coefficient (Wildman–Crippen LogP) is -1.01. The second-order valence-corrected chi connectivity index (χ2v) is 2.33. The van der Waals surface area contributed by atoms with Crippen molar-refractivity contribution in [2.24, 2.45) is 11.6 Å². The molecule has 0 aliphatic rings. The van der Waals surface area contributed by atoms with Crippen molar-refractivity contribution in [1.82, 2.24) is 0 Å². The van der Waals surface area contributed by atoms with Crippen molar-refractivity contribution in [1.29, 1.82) is 0 Å². The van der Waals surface area contributed by atoms with E-state index in [1.165, 1.54) is 0 Å². The van der Waals surface area contributed by atoms with Gasteiger partial charge in [0.1, 0.15) is 6.04 Å². The maximum absolute atomic E-state index is 10.6. The van der Waals surface area contributed by atoms with Crippen molar-refractivity contribution in [3.63, 3.8) is 0 Å². The molecule has 0 radical (unpaired) electrons. The molecule has 6 heteroatoms. The summed E-state index contributed by atoms with van der Waals surface area (Å²) in [6, 6.07) is -0.825. The Balaban J connectivity index is 3.50. The van der Waals surface area contributed by atoms with E-state index in [1.54, 1.807) is 0 Å². The predicted molar refractivity (Wildman–Crippen MR) is 39.7 cm³/mol. The van der Waals surface area contributed by atoms with Crippen molar-refractivity contribution in [3.8, 4) is 0 Å². The van der Waals surface area contributed by atoms with Gasteiger partial charge in [-0.05, 0) is 12.8 Å². The third-order valence-electron chi connectivity index (χ3n) is 1.32. The first-order chi connectivity index (χ1) is 5.57. The molecule has 0 aliphatic heterocycles. The van der Waals surface area contributed by atoms with E-state index in [0.29, 0.717) is 6.42 Å². The Kier molecular flexibility index (Phi) is 4.98. The molecule has 70 valence electrons. The number of hydrogen-bond donors (Lipinski definition) is 3. The quantitative estimate of drug-likeness (QED) is 0.462. The van der Waals surface area contributed by atoms with Crippen LogP contribution in [-0.4, -0.2) is 23.1 Å². The molecule has 12 heavy (non-hydrogen) atoms. The van der Waals surface area contributed by atoms with Crippen LogP contribution in [0.3, 0.4) is 0 Å². The summed E-state index contributed by atoms with van der Waals surface area (Å²) in [5, 5.41) is 8.24. The van der Waals surface area contributed by atoms with Gasteiger partial charge in [-0.1, -0.05) is 0 Å². The van der Waals surface area contributed by atoms with Gasteiger partial charge in [-0.2, -0.15) is 5.90 Å². The number of hydrogen-bond acceptors (Lipinski definition) is 5. The van der Waals surface area contributed by atoms with Gasteiger partial charge in [0.15, 0.2) is 0 Å². The maximum atomic E-state index is 10.6. The van der Waals surface area contributed by atoms with E-state index in [9.17, 15) is 9.59 Å². The Labute approximate surface area is 69.4 Å². The lowest BCUT2D eigenvalue weighted by Gasteiger charge is -2.06. The van der Waals surface area contributed by atoms with Crippen molar-refractivity contribution < 1.29 is 19.5 Å². The molecule has 1 atom stereocenters. The van der Waals surface area contributed by atoms with Gasteiger partial charge in [-0.15, -0.1) is 0 Å². The van der Waals surface area contributed by atoms with Crippen LogP contribution in [0.15, 0.2) is 0 Å². The highest BCUT2D eigenvalue weighted by Crippen LogP contribution is 1.99. The molecular weight excluding hydrogens is 164 g/mol. The summed E-state index contributed by atoms with van der Waals surface area (Å²) < 4.78 is 0. The summed E-state index contributed by atoms with van der Waals surface area (Å²) in [7, 11) is 0. The third kappa shape index (κ3) is 4.64. The standard InChI is InChI=1S/C6H12N2O4/c7-4(6(11)12-8)2-1-3-5(9)10/h4H,1-3,7-8H2,(H,9,10). The summed E-state index contributed by atoms with van der Waals surface area (Å²) in [5.41, 5.74) is 5.27. The van der Waals surface area contributed by atoms with Crippen molar-refractivity contribution in [2.75, 3.05) is 0 Å². The lowest BCUT2D eigenvalue weighted by molar-refractivity contribution is -0.146. The lowest BCUT2D eigenvalue weighted by Crippen LogP contribution is -2.33. The highest BCUT2D eigenvalue weighted by molar-refractivity contribution is 5.75. The minimum Gasteiger partial charge on any atom is -0.481 e. The zero-order chi connectivity index (χ0) is 9.56. The Hall–Kier alpha value is -1.14. The molecule has 1 unspecified atom stereocenters.